The SMILES string of the molecule is CC(C)CCCC(C)NCc1sc2ccccc2c1Cl. The first-order valence-corrected chi connectivity index (χ1v) is 8.66. The fourth-order valence-corrected chi connectivity index (χ4v) is 3.83. The van der Waals surface area contributed by atoms with Crippen LogP contribution in [0.3, 0.4) is 0 Å². The van der Waals surface area contributed by atoms with E-state index in [0.29, 0.717) is 6.04 Å². The molecule has 0 fully saturated rings. The molecule has 1 heterocycles. The lowest BCUT2D eigenvalue weighted by Gasteiger charge is -2.14. The van der Waals surface area contributed by atoms with Gasteiger partial charge in [-0.3, -0.25) is 0 Å². The Morgan fingerprint density at radius 1 is 1.15 bits per heavy atom. The fourth-order valence-electron chi connectivity index (χ4n) is 2.38. The van der Waals surface area contributed by atoms with Gasteiger partial charge in [0.15, 0.2) is 0 Å². The van der Waals surface area contributed by atoms with Crippen LogP contribution in [0.1, 0.15) is 44.9 Å². The van der Waals surface area contributed by atoms with Crippen molar-refractivity contribution < 1.29 is 0 Å². The fraction of sp³-hybridized carbons (Fsp3) is 0.529. The number of benzene rings is 1. The van der Waals surface area contributed by atoms with Gasteiger partial charge in [-0.15, -0.1) is 11.3 Å². The van der Waals surface area contributed by atoms with Gasteiger partial charge in [-0.2, -0.15) is 0 Å². The van der Waals surface area contributed by atoms with Crippen LogP contribution < -0.4 is 5.32 Å². The van der Waals surface area contributed by atoms with E-state index in [4.69, 9.17) is 11.6 Å². The van der Waals surface area contributed by atoms with Gasteiger partial charge in [-0.25, -0.2) is 0 Å². The maximum Gasteiger partial charge on any atom is 0.0636 e. The van der Waals surface area contributed by atoms with E-state index in [9.17, 15) is 0 Å². The van der Waals surface area contributed by atoms with Crippen LogP contribution in [0, 0.1) is 5.92 Å². The monoisotopic (exact) mass is 309 g/mol. The first kappa shape index (κ1) is 15.8. The second-order valence-corrected chi connectivity index (χ2v) is 7.46. The van der Waals surface area contributed by atoms with Gasteiger partial charge < -0.3 is 5.32 Å². The highest BCUT2D eigenvalue weighted by molar-refractivity contribution is 7.19. The average Bonchev–Trinajstić information content (AvgIpc) is 2.73. The quantitative estimate of drug-likeness (QED) is 0.675. The van der Waals surface area contributed by atoms with Crippen molar-refractivity contribution in [2.45, 2.75) is 52.6 Å². The summed E-state index contributed by atoms with van der Waals surface area (Å²) in [4.78, 5) is 1.25. The van der Waals surface area contributed by atoms with Gasteiger partial charge in [0.05, 0.1) is 5.02 Å². The van der Waals surface area contributed by atoms with E-state index in [2.05, 4.69) is 44.3 Å². The van der Waals surface area contributed by atoms with Gasteiger partial charge in [-0.1, -0.05) is 56.5 Å². The summed E-state index contributed by atoms with van der Waals surface area (Å²) in [6.07, 6.45) is 3.85. The molecule has 0 aliphatic rings. The molecule has 110 valence electrons. The Bertz CT molecular complexity index is 547. The number of nitrogens with one attached hydrogen (secondary N) is 1. The molecule has 0 aliphatic carbocycles. The maximum absolute atomic E-state index is 6.46. The van der Waals surface area contributed by atoms with Crippen molar-refractivity contribution in [2.75, 3.05) is 0 Å². The predicted octanol–water partition coefficient (Wildman–Crippen LogP) is 5.86. The molecular weight excluding hydrogens is 286 g/mol. The molecule has 2 aromatic rings. The van der Waals surface area contributed by atoms with Gasteiger partial charge in [0.1, 0.15) is 0 Å². The number of fused-ring (bicyclic) bond motifs is 1. The average molecular weight is 310 g/mol. The van der Waals surface area contributed by atoms with Crippen LogP contribution in [0.25, 0.3) is 10.1 Å². The second kappa shape index (κ2) is 7.44. The molecule has 0 spiro atoms. The van der Waals surface area contributed by atoms with E-state index < -0.39 is 0 Å². The third-order valence-electron chi connectivity index (χ3n) is 3.63. The van der Waals surface area contributed by atoms with Gasteiger partial charge in [0, 0.05) is 27.5 Å². The van der Waals surface area contributed by atoms with Gasteiger partial charge in [0.2, 0.25) is 0 Å². The van der Waals surface area contributed by atoms with E-state index in [1.165, 1.54) is 34.2 Å². The molecule has 20 heavy (non-hydrogen) atoms. The van der Waals surface area contributed by atoms with Crippen molar-refractivity contribution in [3.05, 3.63) is 34.2 Å². The second-order valence-electron chi connectivity index (χ2n) is 5.94. The Morgan fingerprint density at radius 2 is 1.90 bits per heavy atom. The smallest absolute Gasteiger partial charge is 0.0636 e. The molecule has 1 nitrogen and oxygen atoms in total. The molecule has 0 bridgehead atoms. The first-order chi connectivity index (χ1) is 9.58. The molecule has 1 aromatic heterocycles. The summed E-state index contributed by atoms with van der Waals surface area (Å²) in [5.41, 5.74) is 0. The Hall–Kier alpha value is -0.570. The van der Waals surface area contributed by atoms with Crippen molar-refractivity contribution in [1.82, 2.24) is 5.32 Å². The normalized spacial score (nSPS) is 13.2. The van der Waals surface area contributed by atoms with Gasteiger partial charge in [-0.05, 0) is 25.3 Å². The topological polar surface area (TPSA) is 12.0 Å². The summed E-state index contributed by atoms with van der Waals surface area (Å²) >= 11 is 8.26. The number of halogens is 1. The van der Waals surface area contributed by atoms with Crippen LogP contribution in [-0.4, -0.2) is 6.04 Å². The molecule has 3 heteroatoms. The van der Waals surface area contributed by atoms with E-state index in [0.717, 1.165) is 17.5 Å². The molecule has 1 unspecified atom stereocenters. The van der Waals surface area contributed by atoms with Crippen molar-refractivity contribution in [3.8, 4) is 0 Å². The zero-order chi connectivity index (χ0) is 14.5. The molecule has 0 aliphatic heterocycles. The van der Waals surface area contributed by atoms with Crippen LogP contribution in [0.2, 0.25) is 5.02 Å². The maximum atomic E-state index is 6.46. The Morgan fingerprint density at radius 3 is 2.60 bits per heavy atom. The van der Waals surface area contributed by atoms with Crippen molar-refractivity contribution in [3.63, 3.8) is 0 Å². The van der Waals surface area contributed by atoms with E-state index in [-0.39, 0.29) is 0 Å². The standard InChI is InChI=1S/C17H24ClNS/c1-12(2)7-6-8-13(3)19-11-16-17(18)14-9-4-5-10-15(14)20-16/h4-5,9-10,12-13,19H,6-8,11H2,1-3H3. The lowest BCUT2D eigenvalue weighted by atomic mass is 10.0. The Kier molecular flexibility index (Phi) is 5.88. The summed E-state index contributed by atoms with van der Waals surface area (Å²) < 4.78 is 1.28. The van der Waals surface area contributed by atoms with Gasteiger partial charge in [0.25, 0.3) is 0 Å². The zero-order valence-corrected chi connectivity index (χ0v) is 14.2. The zero-order valence-electron chi connectivity index (χ0n) is 12.6. The summed E-state index contributed by atoms with van der Waals surface area (Å²) in [6.45, 7) is 7.71. The van der Waals surface area contributed by atoms with Crippen LogP contribution in [0.4, 0.5) is 0 Å². The lowest BCUT2D eigenvalue weighted by molar-refractivity contribution is 0.458. The molecule has 0 amide bonds. The Balaban J connectivity index is 1.87. The van der Waals surface area contributed by atoms with Crippen molar-refractivity contribution in [2.24, 2.45) is 5.92 Å². The van der Waals surface area contributed by atoms with Crippen LogP contribution in [-0.2, 0) is 6.54 Å². The molecule has 0 saturated carbocycles. The first-order valence-electron chi connectivity index (χ1n) is 7.47. The number of hydrogen-bond acceptors (Lipinski definition) is 2. The largest absolute Gasteiger partial charge is 0.309 e. The Labute approximate surface area is 131 Å². The molecule has 1 N–H and O–H groups in total. The molecular formula is C17H24ClNS. The highest BCUT2D eigenvalue weighted by Gasteiger charge is 2.10. The molecule has 1 aromatic carbocycles. The highest BCUT2D eigenvalue weighted by Crippen LogP contribution is 2.35. The van der Waals surface area contributed by atoms with Crippen LogP contribution in [0.5, 0.6) is 0 Å². The number of rotatable bonds is 7. The molecule has 0 radical (unpaired) electrons. The minimum Gasteiger partial charge on any atom is -0.309 e. The third kappa shape index (κ3) is 4.21. The van der Waals surface area contributed by atoms with E-state index in [1.807, 2.05) is 6.07 Å². The van der Waals surface area contributed by atoms with Gasteiger partial charge >= 0.3 is 0 Å². The summed E-state index contributed by atoms with van der Waals surface area (Å²) in [5, 5.41) is 5.71. The molecule has 2 rings (SSSR count). The summed E-state index contributed by atoms with van der Waals surface area (Å²) in [7, 11) is 0. The van der Waals surface area contributed by atoms with Crippen LogP contribution in [0.15, 0.2) is 24.3 Å². The lowest BCUT2D eigenvalue weighted by Crippen LogP contribution is -2.25. The van der Waals surface area contributed by atoms with E-state index in [1.54, 1.807) is 11.3 Å². The van der Waals surface area contributed by atoms with Crippen LogP contribution >= 0.6 is 22.9 Å². The molecule has 0 saturated heterocycles. The number of thiophene rings is 1. The van der Waals surface area contributed by atoms with Crippen molar-refractivity contribution in [1.29, 1.82) is 0 Å². The minimum atomic E-state index is 0.551. The number of hydrogen-bond donors (Lipinski definition) is 1. The third-order valence-corrected chi connectivity index (χ3v) is 5.35. The van der Waals surface area contributed by atoms with E-state index >= 15 is 0 Å². The highest BCUT2D eigenvalue weighted by atomic mass is 35.5. The summed E-state index contributed by atoms with van der Waals surface area (Å²) in [5.74, 6) is 0.805. The van der Waals surface area contributed by atoms with Crippen molar-refractivity contribution >= 4 is 33.0 Å². The minimum absolute atomic E-state index is 0.551. The summed E-state index contributed by atoms with van der Waals surface area (Å²) in [6, 6.07) is 8.91. The molecule has 1 atom stereocenters. The predicted molar refractivity (Wildman–Crippen MR) is 91.8 cm³/mol.